The highest BCUT2D eigenvalue weighted by atomic mass is 19.1. The highest BCUT2D eigenvalue weighted by Crippen LogP contribution is 2.29. The molecule has 1 aromatic carbocycles. The number of nitrogens with zero attached hydrogens (tertiary/aromatic N) is 2. The van der Waals surface area contributed by atoms with E-state index in [-0.39, 0.29) is 17.6 Å². The predicted molar refractivity (Wildman–Crippen MR) is 86.7 cm³/mol. The molecule has 1 aliphatic carbocycles. The molecule has 1 aliphatic rings. The number of aromatic nitrogens is 4. The van der Waals surface area contributed by atoms with Gasteiger partial charge in [0.15, 0.2) is 0 Å². The third kappa shape index (κ3) is 2.58. The average molecular weight is 325 g/mol. The molecule has 6 nitrogen and oxygen atoms in total. The maximum absolute atomic E-state index is 14.0. The minimum absolute atomic E-state index is 0.0887. The number of halogens is 1. The zero-order valence-electron chi connectivity index (χ0n) is 12.8. The monoisotopic (exact) mass is 325 g/mol. The van der Waals surface area contributed by atoms with Gasteiger partial charge in [-0.25, -0.2) is 4.39 Å². The number of H-pyrrole nitrogens is 2. The minimum Gasteiger partial charge on any atom is -0.323 e. The second-order valence-corrected chi connectivity index (χ2v) is 5.94. The van der Waals surface area contributed by atoms with Gasteiger partial charge in [-0.15, -0.1) is 0 Å². The first-order chi connectivity index (χ1) is 11.7. The van der Waals surface area contributed by atoms with Gasteiger partial charge in [0.25, 0.3) is 0 Å². The lowest BCUT2D eigenvalue weighted by Gasteiger charge is -2.20. The Kier molecular flexibility index (Phi) is 3.60. The van der Waals surface area contributed by atoms with Crippen LogP contribution in [0.15, 0.2) is 36.7 Å². The van der Waals surface area contributed by atoms with E-state index in [4.69, 9.17) is 0 Å². The van der Waals surface area contributed by atoms with Crippen molar-refractivity contribution in [3.8, 4) is 11.3 Å². The molecular formula is C17H16FN5O. The Bertz CT molecular complexity index is 885. The molecule has 122 valence electrons. The number of amides is 1. The summed E-state index contributed by atoms with van der Waals surface area (Å²) in [6.07, 6.45) is 5.55. The molecule has 24 heavy (non-hydrogen) atoms. The number of carbonyl (C=O) groups is 1. The number of anilines is 1. The van der Waals surface area contributed by atoms with Gasteiger partial charge in [-0.1, -0.05) is 12.1 Å². The van der Waals surface area contributed by atoms with Gasteiger partial charge in [-0.2, -0.15) is 10.2 Å². The van der Waals surface area contributed by atoms with Crippen molar-refractivity contribution in [3.63, 3.8) is 0 Å². The number of rotatable bonds is 3. The summed E-state index contributed by atoms with van der Waals surface area (Å²) in [5.41, 5.74) is 3.53. The average Bonchev–Trinajstić information content (AvgIpc) is 3.23. The lowest BCUT2D eigenvalue weighted by molar-refractivity contribution is -0.120. The van der Waals surface area contributed by atoms with Crippen LogP contribution in [-0.2, 0) is 17.6 Å². The largest absolute Gasteiger partial charge is 0.323 e. The van der Waals surface area contributed by atoms with E-state index in [1.165, 1.54) is 17.8 Å². The molecule has 3 N–H and O–H groups in total. The first-order valence-corrected chi connectivity index (χ1v) is 7.82. The van der Waals surface area contributed by atoms with Crippen LogP contribution in [0.2, 0.25) is 0 Å². The molecule has 0 fully saturated rings. The maximum atomic E-state index is 14.0. The Morgan fingerprint density at radius 2 is 2.04 bits per heavy atom. The van der Waals surface area contributed by atoms with Crippen LogP contribution in [0.3, 0.4) is 0 Å². The predicted octanol–water partition coefficient (Wildman–Crippen LogP) is 2.68. The Balaban J connectivity index is 1.54. The first kappa shape index (κ1) is 14.6. The summed E-state index contributed by atoms with van der Waals surface area (Å²) in [5.74, 6) is -0.590. The first-order valence-electron chi connectivity index (χ1n) is 7.82. The normalized spacial score (nSPS) is 16.6. The van der Waals surface area contributed by atoms with Crippen LogP contribution in [0.1, 0.15) is 17.7 Å². The molecule has 3 aromatic rings. The van der Waals surface area contributed by atoms with Gasteiger partial charge >= 0.3 is 0 Å². The molecule has 7 heteroatoms. The van der Waals surface area contributed by atoms with E-state index < -0.39 is 0 Å². The van der Waals surface area contributed by atoms with Gasteiger partial charge in [0.05, 0.1) is 23.8 Å². The Hall–Kier alpha value is -2.96. The van der Waals surface area contributed by atoms with Crippen molar-refractivity contribution in [2.75, 3.05) is 5.32 Å². The van der Waals surface area contributed by atoms with Crippen LogP contribution in [0.4, 0.5) is 10.1 Å². The zero-order chi connectivity index (χ0) is 16.5. The molecular weight excluding hydrogens is 309 g/mol. The number of hydrogen-bond acceptors (Lipinski definition) is 3. The molecule has 0 aliphatic heterocycles. The second kappa shape index (κ2) is 5.92. The number of fused-ring (bicyclic) bond motifs is 1. The molecule has 0 saturated heterocycles. The van der Waals surface area contributed by atoms with E-state index in [1.54, 1.807) is 18.2 Å². The number of carbonyl (C=O) groups excluding carboxylic acids is 1. The van der Waals surface area contributed by atoms with Crippen molar-refractivity contribution >= 4 is 11.6 Å². The van der Waals surface area contributed by atoms with Crippen LogP contribution in [0.25, 0.3) is 11.3 Å². The molecule has 4 rings (SSSR count). The Labute approximate surface area is 137 Å². The standard InChI is InChI=1S/C17H16FN5O/c18-13-4-2-1-3-12(13)16-15(9-20-23-16)21-17(24)10-5-6-11-8-19-22-14(11)7-10/h1-4,8-10H,5-7H2,(H,19,22)(H,20,23)(H,21,24). The van der Waals surface area contributed by atoms with E-state index in [0.717, 1.165) is 18.5 Å². The third-order valence-electron chi connectivity index (χ3n) is 4.43. The second-order valence-electron chi connectivity index (χ2n) is 5.94. The summed E-state index contributed by atoms with van der Waals surface area (Å²) in [6.45, 7) is 0. The molecule has 1 unspecified atom stereocenters. The molecule has 0 saturated carbocycles. The summed E-state index contributed by atoms with van der Waals surface area (Å²) in [6, 6.07) is 6.39. The van der Waals surface area contributed by atoms with Crippen LogP contribution in [0, 0.1) is 11.7 Å². The van der Waals surface area contributed by atoms with Gasteiger partial charge in [-0.3, -0.25) is 15.0 Å². The van der Waals surface area contributed by atoms with Gasteiger partial charge in [0.2, 0.25) is 5.91 Å². The molecule has 1 atom stereocenters. The number of hydrogen-bond donors (Lipinski definition) is 3. The Morgan fingerprint density at radius 3 is 2.92 bits per heavy atom. The molecule has 2 aromatic heterocycles. The van der Waals surface area contributed by atoms with Crippen molar-refractivity contribution in [3.05, 3.63) is 53.7 Å². The van der Waals surface area contributed by atoms with Crippen molar-refractivity contribution in [2.45, 2.75) is 19.3 Å². The summed E-state index contributed by atoms with van der Waals surface area (Å²) in [7, 11) is 0. The fourth-order valence-electron chi connectivity index (χ4n) is 3.12. The van der Waals surface area contributed by atoms with Crippen LogP contribution >= 0.6 is 0 Å². The van der Waals surface area contributed by atoms with Crippen molar-refractivity contribution < 1.29 is 9.18 Å². The topological polar surface area (TPSA) is 86.5 Å². The van der Waals surface area contributed by atoms with Crippen molar-refractivity contribution in [2.24, 2.45) is 5.92 Å². The van der Waals surface area contributed by atoms with Crippen LogP contribution < -0.4 is 5.32 Å². The molecule has 0 radical (unpaired) electrons. The number of nitrogens with one attached hydrogen (secondary N) is 3. The van der Waals surface area contributed by atoms with Crippen molar-refractivity contribution in [1.82, 2.24) is 20.4 Å². The third-order valence-corrected chi connectivity index (χ3v) is 4.43. The number of aromatic amines is 2. The summed E-state index contributed by atoms with van der Waals surface area (Å²) < 4.78 is 14.0. The van der Waals surface area contributed by atoms with Crippen molar-refractivity contribution in [1.29, 1.82) is 0 Å². The van der Waals surface area contributed by atoms with Gasteiger partial charge < -0.3 is 5.32 Å². The van der Waals surface area contributed by atoms with E-state index in [0.29, 0.717) is 23.4 Å². The molecule has 2 heterocycles. The molecule has 0 bridgehead atoms. The molecule has 0 spiro atoms. The fraction of sp³-hybridized carbons (Fsp3) is 0.235. The summed E-state index contributed by atoms with van der Waals surface area (Å²) >= 11 is 0. The van der Waals surface area contributed by atoms with Gasteiger partial charge in [0.1, 0.15) is 5.82 Å². The zero-order valence-corrected chi connectivity index (χ0v) is 12.8. The SMILES string of the molecule is O=C(Nc1cn[nH]c1-c1ccccc1F)C1CCc2cn[nH]c2C1. The highest BCUT2D eigenvalue weighted by Gasteiger charge is 2.27. The Morgan fingerprint density at radius 1 is 1.21 bits per heavy atom. The minimum atomic E-state index is -0.364. The summed E-state index contributed by atoms with van der Waals surface area (Å²) in [4.78, 5) is 12.6. The van der Waals surface area contributed by atoms with E-state index in [9.17, 15) is 9.18 Å². The maximum Gasteiger partial charge on any atom is 0.227 e. The lowest BCUT2D eigenvalue weighted by Crippen LogP contribution is -2.28. The number of benzene rings is 1. The van der Waals surface area contributed by atoms with E-state index in [2.05, 4.69) is 25.7 Å². The highest BCUT2D eigenvalue weighted by molar-refractivity contribution is 5.96. The fourth-order valence-corrected chi connectivity index (χ4v) is 3.12. The van der Waals surface area contributed by atoms with Crippen LogP contribution in [0.5, 0.6) is 0 Å². The van der Waals surface area contributed by atoms with E-state index in [1.807, 2.05) is 6.20 Å². The van der Waals surface area contributed by atoms with E-state index >= 15 is 0 Å². The van der Waals surface area contributed by atoms with Crippen LogP contribution in [-0.4, -0.2) is 26.3 Å². The quantitative estimate of drug-likeness (QED) is 0.692. The van der Waals surface area contributed by atoms with Gasteiger partial charge in [-0.05, 0) is 30.5 Å². The smallest absolute Gasteiger partial charge is 0.227 e. The summed E-state index contributed by atoms with van der Waals surface area (Å²) in [5, 5.41) is 16.6. The molecule has 1 amide bonds. The lowest BCUT2D eigenvalue weighted by atomic mass is 9.87. The van der Waals surface area contributed by atoms with Gasteiger partial charge in [0, 0.05) is 23.6 Å². The number of aryl methyl sites for hydroxylation is 1.